The van der Waals surface area contributed by atoms with Gasteiger partial charge in [0.25, 0.3) is 5.91 Å². The Morgan fingerprint density at radius 1 is 1.03 bits per heavy atom. The van der Waals surface area contributed by atoms with Crippen LogP contribution in [0.3, 0.4) is 0 Å². The van der Waals surface area contributed by atoms with Crippen molar-refractivity contribution in [2.45, 2.75) is 20.3 Å². The minimum Gasteiger partial charge on any atom is -0.326 e. The van der Waals surface area contributed by atoms with Crippen molar-refractivity contribution in [2.75, 3.05) is 10.6 Å². The number of carbonyl (C=O) groups excluding carboxylic acids is 2. The van der Waals surface area contributed by atoms with Crippen LogP contribution in [0.2, 0.25) is 5.02 Å². The van der Waals surface area contributed by atoms with Gasteiger partial charge >= 0.3 is 0 Å². The van der Waals surface area contributed by atoms with Crippen molar-refractivity contribution in [2.24, 2.45) is 0 Å². The molecule has 29 heavy (non-hydrogen) atoms. The molecule has 2 aromatic carbocycles. The number of halogens is 1. The van der Waals surface area contributed by atoms with Crippen LogP contribution in [-0.2, 0) is 4.79 Å². The maximum Gasteiger partial charge on any atom is 0.280 e. The van der Waals surface area contributed by atoms with Gasteiger partial charge in [-0.2, -0.15) is 5.10 Å². The van der Waals surface area contributed by atoms with Gasteiger partial charge in [-0.3, -0.25) is 14.4 Å². The lowest BCUT2D eigenvalue weighted by Crippen LogP contribution is -2.26. The molecule has 0 saturated heterocycles. The fourth-order valence-electron chi connectivity index (χ4n) is 2.66. The van der Waals surface area contributed by atoms with Crippen LogP contribution in [0.5, 0.6) is 0 Å². The molecule has 0 spiro atoms. The minimum atomic E-state index is -0.642. The first-order chi connectivity index (χ1) is 13.9. The van der Waals surface area contributed by atoms with Crippen molar-refractivity contribution in [3.05, 3.63) is 81.2 Å². The average Bonchev–Trinajstić information content (AvgIpc) is 2.69. The van der Waals surface area contributed by atoms with Gasteiger partial charge < -0.3 is 10.6 Å². The molecule has 0 aliphatic heterocycles. The summed E-state index contributed by atoms with van der Waals surface area (Å²) in [6.45, 7) is 3.47. The molecule has 0 saturated carbocycles. The van der Waals surface area contributed by atoms with E-state index >= 15 is 0 Å². The quantitative estimate of drug-likeness (QED) is 0.669. The number of hydrogen-bond donors (Lipinski definition) is 2. The second kappa shape index (κ2) is 8.70. The van der Waals surface area contributed by atoms with E-state index in [1.54, 1.807) is 62.4 Å². The maximum atomic E-state index is 12.7. The molecule has 0 fully saturated rings. The molecule has 0 unspecified atom stereocenters. The monoisotopic (exact) mass is 410 g/mol. The van der Waals surface area contributed by atoms with Crippen LogP contribution in [-0.4, -0.2) is 21.6 Å². The van der Waals surface area contributed by atoms with Gasteiger partial charge in [0.1, 0.15) is 0 Å². The molecule has 0 radical (unpaired) electrons. The lowest BCUT2D eigenvalue weighted by molar-refractivity contribution is -0.115. The molecule has 148 valence electrons. The second-order valence-electron chi connectivity index (χ2n) is 6.32. The zero-order valence-electron chi connectivity index (χ0n) is 15.9. The van der Waals surface area contributed by atoms with Gasteiger partial charge in [-0.1, -0.05) is 24.6 Å². The van der Waals surface area contributed by atoms with E-state index in [4.69, 9.17) is 11.6 Å². The number of hydrogen-bond acceptors (Lipinski definition) is 4. The van der Waals surface area contributed by atoms with Crippen LogP contribution >= 0.6 is 11.6 Å². The third kappa shape index (κ3) is 4.89. The standard InChI is InChI=1S/C21H19ClN4O3/c1-3-19(28)23-15-5-4-6-16(12-15)24-21(29)20-18(27)11-13(2)26(25-20)17-9-7-14(22)8-10-17/h4-12H,3H2,1-2H3,(H,23,28)(H,24,29). The smallest absolute Gasteiger partial charge is 0.280 e. The third-order valence-corrected chi connectivity index (χ3v) is 4.37. The molecule has 3 aromatic rings. The van der Waals surface area contributed by atoms with Gasteiger partial charge in [0.05, 0.1) is 5.69 Å². The van der Waals surface area contributed by atoms with Crippen molar-refractivity contribution >= 4 is 34.8 Å². The Balaban J connectivity index is 1.89. The third-order valence-electron chi connectivity index (χ3n) is 4.12. The van der Waals surface area contributed by atoms with Crippen molar-refractivity contribution in [1.29, 1.82) is 0 Å². The van der Waals surface area contributed by atoms with E-state index in [1.807, 2.05) is 0 Å². The Hall–Kier alpha value is -3.45. The molecule has 0 atom stereocenters. The summed E-state index contributed by atoms with van der Waals surface area (Å²) in [6.07, 6.45) is 0.341. The molecule has 1 aromatic heterocycles. The van der Waals surface area contributed by atoms with E-state index < -0.39 is 11.3 Å². The molecule has 0 bridgehead atoms. The highest BCUT2D eigenvalue weighted by atomic mass is 35.5. The van der Waals surface area contributed by atoms with E-state index in [0.29, 0.717) is 34.2 Å². The summed E-state index contributed by atoms with van der Waals surface area (Å²) in [4.78, 5) is 36.6. The average molecular weight is 411 g/mol. The predicted octanol–water partition coefficient (Wildman–Crippen LogP) is 3.80. The number of nitrogens with one attached hydrogen (secondary N) is 2. The summed E-state index contributed by atoms with van der Waals surface area (Å²) in [6, 6.07) is 14.9. The summed E-state index contributed by atoms with van der Waals surface area (Å²) in [7, 11) is 0. The summed E-state index contributed by atoms with van der Waals surface area (Å²) < 4.78 is 1.50. The summed E-state index contributed by atoms with van der Waals surface area (Å²) in [5.74, 6) is -0.781. The number of nitrogens with zero attached hydrogens (tertiary/aromatic N) is 2. The van der Waals surface area contributed by atoms with Crippen LogP contribution in [0.25, 0.3) is 5.69 Å². The fraction of sp³-hybridized carbons (Fsp3) is 0.143. The minimum absolute atomic E-state index is 0.139. The Kier molecular flexibility index (Phi) is 6.09. The molecular formula is C21H19ClN4O3. The molecule has 2 amide bonds. The van der Waals surface area contributed by atoms with Crippen molar-refractivity contribution < 1.29 is 9.59 Å². The first kappa shape index (κ1) is 20.3. The van der Waals surface area contributed by atoms with E-state index in [2.05, 4.69) is 15.7 Å². The van der Waals surface area contributed by atoms with Crippen molar-refractivity contribution in [3.8, 4) is 5.69 Å². The zero-order valence-corrected chi connectivity index (χ0v) is 16.7. The number of amides is 2. The molecule has 0 aliphatic carbocycles. The van der Waals surface area contributed by atoms with E-state index in [0.717, 1.165) is 0 Å². The Bertz CT molecular complexity index is 1120. The van der Waals surface area contributed by atoms with Gasteiger partial charge in [-0.25, -0.2) is 4.68 Å². The van der Waals surface area contributed by atoms with E-state index in [1.165, 1.54) is 10.7 Å². The number of benzene rings is 2. The number of carbonyl (C=O) groups is 2. The van der Waals surface area contributed by atoms with Crippen molar-refractivity contribution in [1.82, 2.24) is 9.78 Å². The number of anilines is 2. The molecule has 0 aliphatic rings. The molecule has 2 N–H and O–H groups in total. The molecular weight excluding hydrogens is 392 g/mol. The normalized spacial score (nSPS) is 10.4. The summed E-state index contributed by atoms with van der Waals surface area (Å²) in [5.41, 5.74) is 1.51. The Morgan fingerprint density at radius 3 is 2.34 bits per heavy atom. The van der Waals surface area contributed by atoms with Gasteiger partial charge in [0, 0.05) is 34.6 Å². The maximum absolute atomic E-state index is 12.7. The zero-order chi connectivity index (χ0) is 21.0. The SMILES string of the molecule is CCC(=O)Nc1cccc(NC(=O)c2nn(-c3ccc(Cl)cc3)c(C)cc2=O)c1. The van der Waals surface area contributed by atoms with Gasteiger partial charge in [-0.05, 0) is 49.4 Å². The Labute approximate surface area is 172 Å². The van der Waals surface area contributed by atoms with Crippen LogP contribution in [0.15, 0.2) is 59.4 Å². The van der Waals surface area contributed by atoms with Crippen LogP contribution in [0.1, 0.15) is 29.5 Å². The number of aromatic nitrogens is 2. The van der Waals surface area contributed by atoms with Gasteiger partial charge in [0.2, 0.25) is 11.3 Å². The molecule has 1 heterocycles. The lowest BCUT2D eigenvalue weighted by atomic mass is 10.2. The van der Waals surface area contributed by atoms with Crippen LogP contribution < -0.4 is 16.1 Å². The Morgan fingerprint density at radius 2 is 1.69 bits per heavy atom. The summed E-state index contributed by atoms with van der Waals surface area (Å²) >= 11 is 5.92. The van der Waals surface area contributed by atoms with Crippen LogP contribution in [0, 0.1) is 6.92 Å². The van der Waals surface area contributed by atoms with Gasteiger partial charge in [-0.15, -0.1) is 0 Å². The highest BCUT2D eigenvalue weighted by Gasteiger charge is 2.16. The number of aryl methyl sites for hydroxylation is 1. The van der Waals surface area contributed by atoms with Gasteiger partial charge in [0.15, 0.2) is 5.69 Å². The lowest BCUT2D eigenvalue weighted by Gasteiger charge is -2.12. The van der Waals surface area contributed by atoms with E-state index in [9.17, 15) is 14.4 Å². The van der Waals surface area contributed by atoms with E-state index in [-0.39, 0.29) is 11.6 Å². The first-order valence-corrected chi connectivity index (χ1v) is 9.33. The van der Waals surface area contributed by atoms with Crippen molar-refractivity contribution in [3.63, 3.8) is 0 Å². The highest BCUT2D eigenvalue weighted by molar-refractivity contribution is 6.30. The number of rotatable bonds is 5. The largest absolute Gasteiger partial charge is 0.326 e. The second-order valence-corrected chi connectivity index (χ2v) is 6.76. The molecule has 3 rings (SSSR count). The summed E-state index contributed by atoms with van der Waals surface area (Å²) in [5, 5.41) is 10.2. The first-order valence-electron chi connectivity index (χ1n) is 8.95. The molecule has 7 nitrogen and oxygen atoms in total. The fourth-order valence-corrected chi connectivity index (χ4v) is 2.79. The topological polar surface area (TPSA) is 93.1 Å². The highest BCUT2D eigenvalue weighted by Crippen LogP contribution is 2.17. The molecule has 8 heteroatoms. The van der Waals surface area contributed by atoms with Crippen LogP contribution in [0.4, 0.5) is 11.4 Å². The predicted molar refractivity (Wildman–Crippen MR) is 113 cm³/mol.